The lowest BCUT2D eigenvalue weighted by atomic mass is 9.99. The smallest absolute Gasteiger partial charge is 0.336 e. The molecule has 144 valence electrons. The number of benzene rings is 2. The van der Waals surface area contributed by atoms with E-state index < -0.39 is 5.97 Å². The normalized spacial score (nSPS) is 10.5. The molecule has 0 bridgehead atoms. The first-order chi connectivity index (χ1) is 13.2. The van der Waals surface area contributed by atoms with E-state index in [0.29, 0.717) is 17.9 Å². The summed E-state index contributed by atoms with van der Waals surface area (Å²) in [5.74, 6) is -0.313. The Kier molecular flexibility index (Phi) is 9.19. The van der Waals surface area contributed by atoms with E-state index in [2.05, 4.69) is 6.58 Å². The zero-order valence-corrected chi connectivity index (χ0v) is 16.0. The summed E-state index contributed by atoms with van der Waals surface area (Å²) >= 11 is 0. The molecule has 0 amide bonds. The molecule has 2 aromatic rings. The van der Waals surface area contributed by atoms with Crippen molar-refractivity contribution in [2.45, 2.75) is 51.4 Å². The van der Waals surface area contributed by atoms with Crippen molar-refractivity contribution in [2.75, 3.05) is 6.61 Å². The van der Waals surface area contributed by atoms with Gasteiger partial charge in [-0.25, -0.2) is 4.79 Å². The van der Waals surface area contributed by atoms with E-state index in [0.717, 1.165) is 24.8 Å². The molecule has 0 fully saturated rings. The highest BCUT2D eigenvalue weighted by molar-refractivity contribution is 5.96. The van der Waals surface area contributed by atoms with E-state index in [9.17, 15) is 9.90 Å². The minimum Gasteiger partial charge on any atom is -0.494 e. The number of carboxylic acids is 1. The summed E-state index contributed by atoms with van der Waals surface area (Å²) in [6.45, 7) is 4.37. The van der Waals surface area contributed by atoms with E-state index in [-0.39, 0.29) is 5.56 Å². The van der Waals surface area contributed by atoms with Crippen LogP contribution in [0.5, 0.6) is 5.75 Å². The summed E-state index contributed by atoms with van der Waals surface area (Å²) in [7, 11) is 0. The third kappa shape index (κ3) is 7.30. The molecule has 3 nitrogen and oxygen atoms in total. The van der Waals surface area contributed by atoms with Crippen LogP contribution in [-0.2, 0) is 0 Å². The Balaban J connectivity index is 1.76. The fourth-order valence-electron chi connectivity index (χ4n) is 3.12. The Labute approximate surface area is 162 Å². The third-order valence-electron chi connectivity index (χ3n) is 4.63. The second-order valence-corrected chi connectivity index (χ2v) is 6.78. The van der Waals surface area contributed by atoms with Crippen LogP contribution >= 0.6 is 0 Å². The predicted molar refractivity (Wildman–Crippen MR) is 111 cm³/mol. The van der Waals surface area contributed by atoms with Gasteiger partial charge in [0, 0.05) is 0 Å². The maximum absolute atomic E-state index is 11.6. The molecule has 2 aromatic carbocycles. The van der Waals surface area contributed by atoms with Gasteiger partial charge in [-0.2, -0.15) is 0 Å². The summed E-state index contributed by atoms with van der Waals surface area (Å²) in [5.41, 5.74) is 1.89. The Hall–Kier alpha value is -2.55. The van der Waals surface area contributed by atoms with Gasteiger partial charge in [0.15, 0.2) is 0 Å². The van der Waals surface area contributed by atoms with Crippen LogP contribution in [0.1, 0.15) is 61.7 Å². The van der Waals surface area contributed by atoms with Gasteiger partial charge in [0.05, 0.1) is 12.2 Å². The lowest BCUT2D eigenvalue weighted by molar-refractivity contribution is 0.0697. The largest absolute Gasteiger partial charge is 0.494 e. The van der Waals surface area contributed by atoms with Crippen LogP contribution in [0.15, 0.2) is 61.2 Å². The topological polar surface area (TPSA) is 46.5 Å². The van der Waals surface area contributed by atoms with E-state index in [1.807, 2.05) is 48.5 Å². The molecule has 0 atom stereocenters. The van der Waals surface area contributed by atoms with Crippen molar-refractivity contribution in [1.82, 2.24) is 0 Å². The molecule has 2 rings (SSSR count). The molecule has 3 heteroatoms. The Morgan fingerprint density at radius 1 is 0.926 bits per heavy atom. The fraction of sp³-hybridized carbons (Fsp3) is 0.375. The summed E-state index contributed by atoms with van der Waals surface area (Å²) < 4.78 is 5.77. The van der Waals surface area contributed by atoms with Crippen molar-refractivity contribution in [3.63, 3.8) is 0 Å². The van der Waals surface area contributed by atoms with Gasteiger partial charge in [-0.1, -0.05) is 68.5 Å². The first kappa shape index (κ1) is 20.8. The standard InChI is InChI=1S/C24H30O3/c1-2-3-4-5-6-7-8-9-13-18-27-21-16-17-22(23(19-21)24(25)26)20-14-11-10-12-15-20/h2,10-12,14-17,19H,1,3-9,13,18H2,(H,25,26). The number of carbonyl (C=O) groups is 1. The molecule has 0 aromatic heterocycles. The molecule has 0 radical (unpaired) electrons. The second-order valence-electron chi connectivity index (χ2n) is 6.78. The summed E-state index contributed by atoms with van der Waals surface area (Å²) in [4.78, 5) is 11.6. The number of ether oxygens (including phenoxy) is 1. The number of hydrogen-bond donors (Lipinski definition) is 1. The molecule has 0 aliphatic heterocycles. The third-order valence-corrected chi connectivity index (χ3v) is 4.63. The zero-order valence-electron chi connectivity index (χ0n) is 16.0. The van der Waals surface area contributed by atoms with Crippen molar-refractivity contribution in [3.05, 3.63) is 66.7 Å². The number of aromatic carboxylic acids is 1. The van der Waals surface area contributed by atoms with Crippen molar-refractivity contribution in [1.29, 1.82) is 0 Å². The lowest BCUT2D eigenvalue weighted by Crippen LogP contribution is -2.02. The van der Waals surface area contributed by atoms with Crippen LogP contribution in [0.25, 0.3) is 11.1 Å². The first-order valence-corrected chi connectivity index (χ1v) is 9.89. The highest BCUT2D eigenvalue weighted by atomic mass is 16.5. The second kappa shape index (κ2) is 11.9. The minimum absolute atomic E-state index is 0.276. The first-order valence-electron chi connectivity index (χ1n) is 9.89. The molecule has 1 N–H and O–H groups in total. The number of allylic oxidation sites excluding steroid dienone is 1. The highest BCUT2D eigenvalue weighted by Crippen LogP contribution is 2.27. The van der Waals surface area contributed by atoms with E-state index >= 15 is 0 Å². The van der Waals surface area contributed by atoms with Gasteiger partial charge in [0.25, 0.3) is 0 Å². The minimum atomic E-state index is -0.934. The molecule has 0 aliphatic carbocycles. The maximum Gasteiger partial charge on any atom is 0.336 e. The Bertz CT molecular complexity index is 707. The van der Waals surface area contributed by atoms with Crippen molar-refractivity contribution in [3.8, 4) is 16.9 Å². The average Bonchev–Trinajstić information content (AvgIpc) is 2.70. The van der Waals surface area contributed by atoms with Crippen LogP contribution in [0.4, 0.5) is 0 Å². The van der Waals surface area contributed by atoms with Crippen molar-refractivity contribution >= 4 is 5.97 Å². The van der Waals surface area contributed by atoms with Gasteiger partial charge in [0.1, 0.15) is 5.75 Å². The van der Waals surface area contributed by atoms with Crippen LogP contribution in [0.3, 0.4) is 0 Å². The molecule has 0 unspecified atom stereocenters. The molecule has 0 saturated carbocycles. The van der Waals surface area contributed by atoms with Gasteiger partial charge >= 0.3 is 5.97 Å². The van der Waals surface area contributed by atoms with E-state index in [4.69, 9.17) is 4.74 Å². The zero-order chi connectivity index (χ0) is 19.3. The molecule has 27 heavy (non-hydrogen) atoms. The molecule has 0 aliphatic rings. The number of carboxylic acid groups (broad SMARTS) is 1. The average molecular weight is 367 g/mol. The molecule has 0 spiro atoms. The van der Waals surface area contributed by atoms with Crippen LogP contribution < -0.4 is 4.74 Å². The van der Waals surface area contributed by atoms with Gasteiger partial charge in [-0.3, -0.25) is 0 Å². The van der Waals surface area contributed by atoms with Crippen molar-refractivity contribution < 1.29 is 14.6 Å². The van der Waals surface area contributed by atoms with Gasteiger partial charge in [0.2, 0.25) is 0 Å². The summed E-state index contributed by atoms with van der Waals surface area (Å²) in [6, 6.07) is 14.9. The van der Waals surface area contributed by atoms with Crippen molar-refractivity contribution in [2.24, 2.45) is 0 Å². The summed E-state index contributed by atoms with van der Waals surface area (Å²) in [5, 5.41) is 9.54. The fourth-order valence-corrected chi connectivity index (χ4v) is 3.12. The van der Waals surface area contributed by atoms with Crippen LogP contribution in [-0.4, -0.2) is 17.7 Å². The number of hydrogen-bond acceptors (Lipinski definition) is 2. The number of unbranched alkanes of at least 4 members (excludes halogenated alkanes) is 7. The maximum atomic E-state index is 11.6. The van der Waals surface area contributed by atoms with Gasteiger partial charge < -0.3 is 9.84 Å². The summed E-state index contributed by atoms with van der Waals surface area (Å²) in [6.07, 6.45) is 11.6. The molecule has 0 heterocycles. The molecule has 0 saturated heterocycles. The highest BCUT2D eigenvalue weighted by Gasteiger charge is 2.13. The lowest BCUT2D eigenvalue weighted by Gasteiger charge is -2.11. The predicted octanol–water partition coefficient (Wildman–Crippen LogP) is 6.74. The van der Waals surface area contributed by atoms with Gasteiger partial charge in [-0.15, -0.1) is 6.58 Å². The van der Waals surface area contributed by atoms with Gasteiger partial charge in [-0.05, 0) is 48.6 Å². The van der Waals surface area contributed by atoms with Crippen LogP contribution in [0, 0.1) is 0 Å². The number of rotatable bonds is 13. The monoisotopic (exact) mass is 366 g/mol. The molecular weight excluding hydrogens is 336 g/mol. The SMILES string of the molecule is C=CCCCCCCCCCOc1ccc(-c2ccccc2)c(C(=O)O)c1. The Morgan fingerprint density at radius 2 is 1.59 bits per heavy atom. The van der Waals surface area contributed by atoms with E-state index in [1.54, 1.807) is 6.07 Å². The molecular formula is C24H30O3. The van der Waals surface area contributed by atoms with E-state index in [1.165, 1.54) is 32.1 Å². The van der Waals surface area contributed by atoms with Crippen LogP contribution in [0.2, 0.25) is 0 Å². The Morgan fingerprint density at radius 3 is 2.26 bits per heavy atom. The quantitative estimate of drug-likeness (QED) is 0.315.